The molecule has 2 aromatic rings. The van der Waals surface area contributed by atoms with E-state index in [0.29, 0.717) is 0 Å². The van der Waals surface area contributed by atoms with Crippen molar-refractivity contribution >= 4 is 5.96 Å². The van der Waals surface area contributed by atoms with Crippen LogP contribution in [0.1, 0.15) is 29.7 Å². The summed E-state index contributed by atoms with van der Waals surface area (Å²) in [6.45, 7) is 5.92. The van der Waals surface area contributed by atoms with Crippen LogP contribution in [0.2, 0.25) is 0 Å². The average Bonchev–Trinajstić information content (AvgIpc) is 2.66. The third kappa shape index (κ3) is 5.77. The number of aliphatic hydroxyl groups excluding tert-OH is 1. The molecular formula is C21H29N3O2. The average molecular weight is 355 g/mol. The van der Waals surface area contributed by atoms with Gasteiger partial charge in [0.05, 0.1) is 19.8 Å². The zero-order chi connectivity index (χ0) is 18.9. The van der Waals surface area contributed by atoms with Gasteiger partial charge in [-0.05, 0) is 37.1 Å². The van der Waals surface area contributed by atoms with Crippen molar-refractivity contribution in [3.8, 4) is 5.75 Å². The van der Waals surface area contributed by atoms with Crippen LogP contribution in [0, 0.1) is 6.92 Å². The zero-order valence-electron chi connectivity index (χ0n) is 16.1. The zero-order valence-corrected chi connectivity index (χ0v) is 16.1. The van der Waals surface area contributed by atoms with Crippen LogP contribution in [0.4, 0.5) is 0 Å². The first kappa shape index (κ1) is 19.8. The number of aliphatic hydroxyl groups is 1. The van der Waals surface area contributed by atoms with E-state index in [1.54, 1.807) is 7.11 Å². The second kappa shape index (κ2) is 9.82. The lowest BCUT2D eigenvalue weighted by Crippen LogP contribution is -2.38. The molecule has 0 aliphatic rings. The van der Waals surface area contributed by atoms with Gasteiger partial charge in [-0.2, -0.15) is 0 Å². The van der Waals surface area contributed by atoms with Crippen molar-refractivity contribution in [3.63, 3.8) is 0 Å². The molecule has 1 atom stereocenters. The van der Waals surface area contributed by atoms with Gasteiger partial charge in [-0.1, -0.05) is 42.0 Å². The minimum Gasteiger partial charge on any atom is -0.497 e. The number of aryl methyl sites for hydroxylation is 1. The van der Waals surface area contributed by atoms with Crippen molar-refractivity contribution < 1.29 is 9.84 Å². The summed E-state index contributed by atoms with van der Waals surface area (Å²) >= 11 is 0. The molecule has 0 heterocycles. The van der Waals surface area contributed by atoms with E-state index in [1.165, 1.54) is 11.1 Å². The van der Waals surface area contributed by atoms with Crippen LogP contribution in [-0.2, 0) is 6.54 Å². The van der Waals surface area contributed by atoms with E-state index < -0.39 is 6.10 Å². The van der Waals surface area contributed by atoms with Crippen molar-refractivity contribution in [1.29, 1.82) is 0 Å². The normalized spacial score (nSPS) is 12.6. The molecule has 0 aromatic heterocycles. The molecule has 140 valence electrons. The number of rotatable bonds is 7. The van der Waals surface area contributed by atoms with Crippen LogP contribution in [0.25, 0.3) is 0 Å². The number of hydrogen-bond donors (Lipinski definition) is 2. The van der Waals surface area contributed by atoms with Crippen molar-refractivity contribution in [1.82, 2.24) is 10.2 Å². The Bertz CT molecular complexity index is 713. The van der Waals surface area contributed by atoms with Gasteiger partial charge >= 0.3 is 0 Å². The highest BCUT2D eigenvalue weighted by atomic mass is 16.5. The molecule has 0 aliphatic heterocycles. The van der Waals surface area contributed by atoms with Gasteiger partial charge in [0.1, 0.15) is 5.75 Å². The molecule has 2 N–H and O–H groups in total. The summed E-state index contributed by atoms with van der Waals surface area (Å²) in [5.74, 6) is 1.50. The highest BCUT2D eigenvalue weighted by Gasteiger charge is 2.11. The molecule has 0 fully saturated rings. The molecule has 2 rings (SSSR count). The molecule has 5 nitrogen and oxygen atoms in total. The molecule has 0 spiro atoms. The van der Waals surface area contributed by atoms with E-state index in [-0.39, 0.29) is 6.54 Å². The molecule has 0 saturated heterocycles. The molecule has 26 heavy (non-hydrogen) atoms. The lowest BCUT2D eigenvalue weighted by atomic mass is 10.1. The lowest BCUT2D eigenvalue weighted by molar-refractivity contribution is 0.186. The van der Waals surface area contributed by atoms with Gasteiger partial charge in [0.25, 0.3) is 0 Å². The predicted octanol–water partition coefficient (Wildman–Crippen LogP) is 3.13. The number of methoxy groups -OCH3 is 1. The van der Waals surface area contributed by atoms with Gasteiger partial charge in [-0.3, -0.25) is 4.99 Å². The van der Waals surface area contributed by atoms with E-state index in [1.807, 2.05) is 38.2 Å². The fourth-order valence-electron chi connectivity index (χ4n) is 2.64. The van der Waals surface area contributed by atoms with Crippen LogP contribution < -0.4 is 10.1 Å². The third-order valence-electron chi connectivity index (χ3n) is 4.13. The fourth-order valence-corrected chi connectivity index (χ4v) is 2.64. The second-order valence-electron chi connectivity index (χ2n) is 6.33. The minimum absolute atomic E-state index is 0.285. The van der Waals surface area contributed by atoms with Gasteiger partial charge < -0.3 is 20.1 Å². The predicted molar refractivity (Wildman–Crippen MR) is 107 cm³/mol. The van der Waals surface area contributed by atoms with Crippen molar-refractivity contribution in [3.05, 3.63) is 65.2 Å². The molecule has 0 radical (unpaired) electrons. The standard InChI is InChI=1S/C21H29N3O2/c1-5-22-21(24(3)15-17-11-9-16(2)10-12-17)23-14-20(25)18-7-6-8-19(13-18)26-4/h6-13,20,25H,5,14-15H2,1-4H3,(H,22,23). The van der Waals surface area contributed by atoms with E-state index in [9.17, 15) is 5.11 Å². The maximum Gasteiger partial charge on any atom is 0.194 e. The summed E-state index contributed by atoms with van der Waals surface area (Å²) in [7, 11) is 3.62. The summed E-state index contributed by atoms with van der Waals surface area (Å²) in [5.41, 5.74) is 3.26. The smallest absolute Gasteiger partial charge is 0.194 e. The number of nitrogens with zero attached hydrogens (tertiary/aromatic N) is 2. The number of nitrogens with one attached hydrogen (secondary N) is 1. The summed E-state index contributed by atoms with van der Waals surface area (Å²) in [6, 6.07) is 15.9. The van der Waals surface area contributed by atoms with E-state index in [2.05, 4.69) is 46.4 Å². The maximum atomic E-state index is 10.5. The Morgan fingerprint density at radius 3 is 2.62 bits per heavy atom. The fraction of sp³-hybridized carbons (Fsp3) is 0.381. The van der Waals surface area contributed by atoms with E-state index in [4.69, 9.17) is 4.74 Å². The summed E-state index contributed by atoms with van der Waals surface area (Å²) in [4.78, 5) is 6.66. The van der Waals surface area contributed by atoms with Gasteiger partial charge in [0, 0.05) is 20.1 Å². The van der Waals surface area contributed by atoms with Gasteiger partial charge in [0.2, 0.25) is 0 Å². The SMILES string of the molecule is CCNC(=NCC(O)c1cccc(OC)c1)N(C)Cc1ccc(C)cc1. The topological polar surface area (TPSA) is 57.1 Å². The van der Waals surface area contributed by atoms with Crippen molar-refractivity contribution in [2.24, 2.45) is 4.99 Å². The Morgan fingerprint density at radius 2 is 1.96 bits per heavy atom. The number of guanidine groups is 1. The first-order valence-corrected chi connectivity index (χ1v) is 8.90. The molecule has 5 heteroatoms. The van der Waals surface area contributed by atoms with E-state index >= 15 is 0 Å². The first-order valence-electron chi connectivity index (χ1n) is 8.90. The molecule has 0 aliphatic carbocycles. The minimum atomic E-state index is -0.675. The molecule has 0 saturated carbocycles. The summed E-state index contributed by atoms with van der Waals surface area (Å²) in [5, 5.41) is 13.7. The number of ether oxygens (including phenoxy) is 1. The molecule has 0 amide bonds. The van der Waals surface area contributed by atoms with Gasteiger partial charge in [-0.15, -0.1) is 0 Å². The van der Waals surface area contributed by atoms with Gasteiger partial charge in [0.15, 0.2) is 5.96 Å². The Labute approximate surface area is 156 Å². The van der Waals surface area contributed by atoms with Crippen molar-refractivity contribution in [2.45, 2.75) is 26.5 Å². The van der Waals surface area contributed by atoms with E-state index in [0.717, 1.165) is 30.4 Å². The lowest BCUT2D eigenvalue weighted by Gasteiger charge is -2.23. The molecule has 1 unspecified atom stereocenters. The highest BCUT2D eigenvalue weighted by molar-refractivity contribution is 5.79. The molecule has 2 aromatic carbocycles. The molecular weight excluding hydrogens is 326 g/mol. The Balaban J connectivity index is 2.05. The molecule has 0 bridgehead atoms. The van der Waals surface area contributed by atoms with Gasteiger partial charge in [-0.25, -0.2) is 0 Å². The summed E-state index contributed by atoms with van der Waals surface area (Å²) < 4.78 is 5.21. The number of benzene rings is 2. The van der Waals surface area contributed by atoms with Crippen LogP contribution >= 0.6 is 0 Å². The quantitative estimate of drug-likeness (QED) is 0.592. The highest BCUT2D eigenvalue weighted by Crippen LogP contribution is 2.19. The Hall–Kier alpha value is -2.53. The Kier molecular flexibility index (Phi) is 7.48. The number of aliphatic imine (C=N–C) groups is 1. The maximum absolute atomic E-state index is 10.5. The van der Waals surface area contributed by atoms with Crippen molar-refractivity contribution in [2.75, 3.05) is 27.2 Å². The van der Waals surface area contributed by atoms with Crippen LogP contribution in [0.15, 0.2) is 53.5 Å². The van der Waals surface area contributed by atoms with Crippen LogP contribution in [0.3, 0.4) is 0 Å². The summed E-state index contributed by atoms with van der Waals surface area (Å²) in [6.07, 6.45) is -0.675. The van der Waals surface area contributed by atoms with Crippen LogP contribution in [0.5, 0.6) is 5.75 Å². The first-order chi connectivity index (χ1) is 12.5. The Morgan fingerprint density at radius 1 is 1.23 bits per heavy atom. The number of hydrogen-bond acceptors (Lipinski definition) is 3. The van der Waals surface area contributed by atoms with Crippen LogP contribution in [-0.4, -0.2) is 43.2 Å². The third-order valence-corrected chi connectivity index (χ3v) is 4.13. The second-order valence-corrected chi connectivity index (χ2v) is 6.33. The monoisotopic (exact) mass is 355 g/mol. The largest absolute Gasteiger partial charge is 0.497 e.